The molecule has 2 aromatic carbocycles. The molecule has 1 heterocycles. The molecule has 24 heavy (non-hydrogen) atoms. The number of amides is 1. The summed E-state index contributed by atoms with van der Waals surface area (Å²) < 4.78 is 5.27. The summed E-state index contributed by atoms with van der Waals surface area (Å²) in [5.74, 6) is 1.18. The Hall–Kier alpha value is -2.33. The van der Waals surface area contributed by atoms with E-state index in [1.807, 2.05) is 18.2 Å². The number of carbonyl (C=O) groups is 1. The van der Waals surface area contributed by atoms with E-state index in [0.717, 1.165) is 48.4 Å². The molecule has 0 aliphatic carbocycles. The molecule has 1 amide bonds. The Morgan fingerprint density at radius 3 is 2.58 bits per heavy atom. The lowest BCUT2D eigenvalue weighted by Gasteiger charge is -2.21. The van der Waals surface area contributed by atoms with Crippen molar-refractivity contribution in [2.24, 2.45) is 5.92 Å². The van der Waals surface area contributed by atoms with Crippen LogP contribution >= 0.6 is 0 Å². The van der Waals surface area contributed by atoms with Gasteiger partial charge in [0.15, 0.2) is 0 Å². The first-order chi connectivity index (χ1) is 11.8. The molecule has 2 N–H and O–H groups in total. The fourth-order valence-corrected chi connectivity index (χ4v) is 3.04. The van der Waals surface area contributed by atoms with Crippen molar-refractivity contribution >= 4 is 5.91 Å². The van der Waals surface area contributed by atoms with Gasteiger partial charge in [0.1, 0.15) is 5.75 Å². The zero-order valence-corrected chi connectivity index (χ0v) is 14.0. The van der Waals surface area contributed by atoms with Crippen LogP contribution in [0.25, 0.3) is 11.1 Å². The minimum Gasteiger partial charge on any atom is -0.497 e. The quantitative estimate of drug-likeness (QED) is 0.889. The van der Waals surface area contributed by atoms with Crippen molar-refractivity contribution in [3.8, 4) is 16.9 Å². The lowest BCUT2D eigenvalue weighted by atomic mass is 9.97. The van der Waals surface area contributed by atoms with Crippen LogP contribution in [0.4, 0.5) is 0 Å². The first kappa shape index (κ1) is 16.5. The Morgan fingerprint density at radius 2 is 1.88 bits per heavy atom. The van der Waals surface area contributed by atoms with Gasteiger partial charge >= 0.3 is 0 Å². The molecule has 0 unspecified atom stereocenters. The predicted octanol–water partition coefficient (Wildman–Crippen LogP) is 2.98. The number of hydrogen-bond acceptors (Lipinski definition) is 3. The zero-order valence-electron chi connectivity index (χ0n) is 14.0. The molecule has 1 saturated heterocycles. The highest BCUT2D eigenvalue weighted by molar-refractivity contribution is 5.78. The van der Waals surface area contributed by atoms with Crippen LogP contribution in [-0.2, 0) is 11.3 Å². The molecule has 3 rings (SSSR count). The van der Waals surface area contributed by atoms with Gasteiger partial charge in [-0.05, 0) is 54.8 Å². The maximum absolute atomic E-state index is 12.2. The Morgan fingerprint density at radius 1 is 1.12 bits per heavy atom. The fraction of sp³-hybridized carbons (Fsp3) is 0.350. The van der Waals surface area contributed by atoms with E-state index in [4.69, 9.17) is 4.74 Å². The van der Waals surface area contributed by atoms with Gasteiger partial charge in [0.25, 0.3) is 0 Å². The summed E-state index contributed by atoms with van der Waals surface area (Å²) in [5.41, 5.74) is 3.38. The number of hydrogen-bond donors (Lipinski definition) is 2. The summed E-state index contributed by atoms with van der Waals surface area (Å²) >= 11 is 0. The number of benzene rings is 2. The molecule has 4 nitrogen and oxygen atoms in total. The molecule has 0 saturated carbocycles. The molecule has 0 aromatic heterocycles. The second-order valence-corrected chi connectivity index (χ2v) is 6.17. The van der Waals surface area contributed by atoms with Gasteiger partial charge in [0.05, 0.1) is 7.11 Å². The number of rotatable bonds is 5. The highest BCUT2D eigenvalue weighted by atomic mass is 16.5. The SMILES string of the molecule is COc1cccc(-c2ccc(CNC(=O)C3CCNCC3)cc2)c1. The topological polar surface area (TPSA) is 50.4 Å². The van der Waals surface area contributed by atoms with Crippen molar-refractivity contribution < 1.29 is 9.53 Å². The molecule has 0 radical (unpaired) electrons. The van der Waals surface area contributed by atoms with Gasteiger partial charge in [-0.15, -0.1) is 0 Å². The summed E-state index contributed by atoms with van der Waals surface area (Å²) in [6, 6.07) is 16.3. The molecule has 1 aliphatic rings. The van der Waals surface area contributed by atoms with Crippen molar-refractivity contribution in [3.05, 3.63) is 54.1 Å². The van der Waals surface area contributed by atoms with Crippen molar-refractivity contribution in [1.29, 1.82) is 0 Å². The summed E-state index contributed by atoms with van der Waals surface area (Å²) in [4.78, 5) is 12.2. The third kappa shape index (κ3) is 4.15. The standard InChI is InChI=1S/C20H24N2O2/c1-24-19-4-2-3-18(13-19)16-7-5-15(6-8-16)14-22-20(23)17-9-11-21-12-10-17/h2-8,13,17,21H,9-12,14H2,1H3,(H,22,23). The fourth-order valence-electron chi connectivity index (χ4n) is 3.04. The zero-order chi connectivity index (χ0) is 16.8. The van der Waals surface area contributed by atoms with Crippen LogP contribution in [0.1, 0.15) is 18.4 Å². The van der Waals surface area contributed by atoms with Crippen LogP contribution in [0, 0.1) is 5.92 Å². The number of piperidine rings is 1. The molecule has 0 spiro atoms. The Kier molecular flexibility index (Phi) is 5.49. The first-order valence-electron chi connectivity index (χ1n) is 8.48. The van der Waals surface area contributed by atoms with E-state index in [2.05, 4.69) is 41.0 Å². The van der Waals surface area contributed by atoms with Crippen molar-refractivity contribution in [3.63, 3.8) is 0 Å². The van der Waals surface area contributed by atoms with Crippen LogP contribution in [0.15, 0.2) is 48.5 Å². The van der Waals surface area contributed by atoms with E-state index < -0.39 is 0 Å². The van der Waals surface area contributed by atoms with Crippen molar-refractivity contribution in [1.82, 2.24) is 10.6 Å². The number of methoxy groups -OCH3 is 1. The molecular weight excluding hydrogens is 300 g/mol. The lowest BCUT2D eigenvalue weighted by Crippen LogP contribution is -2.37. The van der Waals surface area contributed by atoms with Crippen molar-refractivity contribution in [2.75, 3.05) is 20.2 Å². The molecular formula is C20H24N2O2. The van der Waals surface area contributed by atoms with Gasteiger partial charge in [-0.3, -0.25) is 4.79 Å². The lowest BCUT2D eigenvalue weighted by molar-refractivity contribution is -0.125. The van der Waals surface area contributed by atoms with Gasteiger partial charge in [-0.1, -0.05) is 36.4 Å². The van der Waals surface area contributed by atoms with E-state index in [9.17, 15) is 4.79 Å². The van der Waals surface area contributed by atoms with Gasteiger partial charge in [0.2, 0.25) is 5.91 Å². The Labute approximate surface area is 143 Å². The van der Waals surface area contributed by atoms with Gasteiger partial charge in [0, 0.05) is 12.5 Å². The Bertz CT molecular complexity index is 676. The van der Waals surface area contributed by atoms with Crippen LogP contribution in [0.3, 0.4) is 0 Å². The normalized spacial score (nSPS) is 15.0. The Balaban J connectivity index is 1.59. The third-order valence-corrected chi connectivity index (χ3v) is 4.53. The third-order valence-electron chi connectivity index (χ3n) is 4.53. The highest BCUT2D eigenvalue weighted by Crippen LogP contribution is 2.24. The van der Waals surface area contributed by atoms with Crippen LogP contribution < -0.4 is 15.4 Å². The number of carbonyl (C=O) groups excluding carboxylic acids is 1. The van der Waals surface area contributed by atoms with E-state index in [1.54, 1.807) is 7.11 Å². The first-order valence-corrected chi connectivity index (χ1v) is 8.48. The second-order valence-electron chi connectivity index (χ2n) is 6.17. The second kappa shape index (κ2) is 7.97. The van der Waals surface area contributed by atoms with E-state index in [1.165, 1.54) is 0 Å². The molecule has 1 fully saturated rings. The summed E-state index contributed by atoms with van der Waals surface area (Å²) in [6.45, 7) is 2.46. The molecule has 0 bridgehead atoms. The van der Waals surface area contributed by atoms with E-state index >= 15 is 0 Å². The van der Waals surface area contributed by atoms with Crippen LogP contribution in [0.2, 0.25) is 0 Å². The highest BCUT2D eigenvalue weighted by Gasteiger charge is 2.20. The molecule has 2 aromatic rings. The minimum atomic E-state index is 0.155. The average molecular weight is 324 g/mol. The van der Waals surface area contributed by atoms with Gasteiger partial charge < -0.3 is 15.4 Å². The monoisotopic (exact) mass is 324 g/mol. The van der Waals surface area contributed by atoms with Crippen LogP contribution in [-0.4, -0.2) is 26.1 Å². The van der Waals surface area contributed by atoms with Crippen LogP contribution in [0.5, 0.6) is 5.75 Å². The maximum atomic E-state index is 12.2. The molecule has 126 valence electrons. The summed E-state index contributed by atoms with van der Waals surface area (Å²) in [7, 11) is 1.67. The molecule has 0 atom stereocenters. The van der Waals surface area contributed by atoms with Crippen molar-refractivity contribution in [2.45, 2.75) is 19.4 Å². The van der Waals surface area contributed by atoms with E-state index in [-0.39, 0.29) is 11.8 Å². The predicted molar refractivity (Wildman–Crippen MR) is 95.9 cm³/mol. The molecule has 1 aliphatic heterocycles. The minimum absolute atomic E-state index is 0.155. The average Bonchev–Trinajstić information content (AvgIpc) is 2.67. The largest absolute Gasteiger partial charge is 0.497 e. The van der Waals surface area contributed by atoms with Gasteiger partial charge in [-0.25, -0.2) is 0 Å². The maximum Gasteiger partial charge on any atom is 0.223 e. The van der Waals surface area contributed by atoms with E-state index in [0.29, 0.717) is 6.54 Å². The summed E-state index contributed by atoms with van der Waals surface area (Å²) in [5, 5.41) is 6.34. The van der Waals surface area contributed by atoms with Gasteiger partial charge in [-0.2, -0.15) is 0 Å². The molecule has 4 heteroatoms. The summed E-state index contributed by atoms with van der Waals surface area (Å²) in [6.07, 6.45) is 1.86. The number of ether oxygens (including phenoxy) is 1. The number of nitrogens with one attached hydrogen (secondary N) is 2. The smallest absolute Gasteiger partial charge is 0.223 e.